The van der Waals surface area contributed by atoms with Crippen LogP contribution in [0.1, 0.15) is 12.0 Å². The number of fused-ring (bicyclic) bond motifs is 1. The maximum Gasteiger partial charge on any atom is 0.351 e. The highest BCUT2D eigenvalue weighted by Crippen LogP contribution is 2.41. The van der Waals surface area contributed by atoms with E-state index in [0.717, 1.165) is 0 Å². The molecule has 0 radical (unpaired) electrons. The lowest BCUT2D eigenvalue weighted by molar-refractivity contribution is -0.475. The Morgan fingerprint density at radius 1 is 0.920 bits per heavy atom. The summed E-state index contributed by atoms with van der Waals surface area (Å²) in [4.78, 5) is 35.3. The maximum absolute atomic E-state index is 12.1. The molecule has 20 nitrogen and oxygen atoms in total. The summed E-state index contributed by atoms with van der Waals surface area (Å²) in [5, 5.41) is 116. The third kappa shape index (κ3) is 7.30. The number of aliphatic hydroxyl groups is 7. The van der Waals surface area contributed by atoms with Gasteiger partial charge in [-0.05, 0) is 17.7 Å². The first kappa shape index (κ1) is 37.0. The molecule has 12 atom stereocenters. The van der Waals surface area contributed by atoms with E-state index in [-0.39, 0.29) is 29.7 Å². The number of carboxylic acid groups (broad SMARTS) is 3. The van der Waals surface area contributed by atoms with E-state index in [0.29, 0.717) is 0 Å². The molecule has 0 unspecified atom stereocenters. The molecular weight excluding hydrogens is 676 g/mol. The molecule has 0 spiro atoms. The van der Waals surface area contributed by atoms with Crippen molar-refractivity contribution in [2.75, 3.05) is 13.2 Å². The number of hydrogen-bond acceptors (Lipinski definition) is 17. The number of carbonyl (C=O) groups excluding carboxylic acids is 1. The summed E-state index contributed by atoms with van der Waals surface area (Å²) in [6.07, 6.45) is -14.1. The fraction of sp³-hybridized carbons (Fsp3) is 0.533. The maximum atomic E-state index is 12.1. The third-order valence-corrected chi connectivity index (χ3v) is 8.74. The minimum atomic E-state index is -1.94. The largest absolute Gasteiger partial charge is 0.543 e. The van der Waals surface area contributed by atoms with Gasteiger partial charge in [0.15, 0.2) is 30.1 Å². The summed E-state index contributed by atoms with van der Waals surface area (Å²) >= 11 is 0. The van der Waals surface area contributed by atoms with Gasteiger partial charge in [-0.2, -0.15) is 4.58 Å². The van der Waals surface area contributed by atoms with Crippen molar-refractivity contribution in [1.82, 2.24) is 5.32 Å². The summed E-state index contributed by atoms with van der Waals surface area (Å²) in [5.74, 6) is -5.23. The number of phenolic OH excluding ortho intramolecular Hbond substituents is 1. The second kappa shape index (κ2) is 14.9. The van der Waals surface area contributed by atoms with Crippen molar-refractivity contribution >= 4 is 29.8 Å². The molecule has 4 aliphatic rings. The van der Waals surface area contributed by atoms with Crippen LogP contribution in [0.15, 0.2) is 35.6 Å². The summed E-state index contributed by atoms with van der Waals surface area (Å²) in [5.41, 5.74) is 0.248. The second-order valence-electron chi connectivity index (χ2n) is 12.0. The molecule has 5 rings (SSSR count). The van der Waals surface area contributed by atoms with Crippen LogP contribution in [-0.2, 0) is 35.0 Å². The molecule has 20 heteroatoms. The van der Waals surface area contributed by atoms with Crippen molar-refractivity contribution < 1.29 is 94.1 Å². The Morgan fingerprint density at radius 2 is 1.56 bits per heavy atom. The Bertz CT molecular complexity index is 1580. The van der Waals surface area contributed by atoms with Crippen LogP contribution in [0.2, 0.25) is 0 Å². The van der Waals surface area contributed by atoms with Gasteiger partial charge < -0.3 is 85.2 Å². The van der Waals surface area contributed by atoms with E-state index in [1.54, 1.807) is 0 Å². The normalized spacial score (nSPS) is 37.1. The molecule has 11 N–H and O–H groups in total. The standard InChI is InChI=1S/C30H36N2O18/c33-8-18-20(36)22(38)24(40)29(48-18)50-25-23(39)21(37)19(9-34)49-30(25)47-17-7-14-11(6-16(17)35)5-15(28(45)46)32(14)2-1-10-3-12(26(41)42)31-13(4-10)27(43)44/h1-3,6-7,13,15,18-25,29-30,33-34,36-40H,4-5,8-9H2,(H4,35,41,42,43,44,45,46)/t13-,15-,18+,19+,20+,21+,22-,23-,24+,25+,29-,30+/m0/s1. The van der Waals surface area contributed by atoms with Crippen molar-refractivity contribution in [2.45, 2.75) is 86.3 Å². The van der Waals surface area contributed by atoms with Crippen molar-refractivity contribution in [1.29, 1.82) is 0 Å². The summed E-state index contributed by atoms with van der Waals surface area (Å²) in [6, 6.07) is -0.278. The molecule has 0 saturated carbocycles. The molecule has 4 aliphatic heterocycles. The predicted molar refractivity (Wildman–Crippen MR) is 157 cm³/mol. The second-order valence-corrected chi connectivity index (χ2v) is 12.0. The van der Waals surface area contributed by atoms with Crippen LogP contribution in [0.5, 0.6) is 11.5 Å². The number of nitrogens with zero attached hydrogens (tertiary/aromatic N) is 1. The summed E-state index contributed by atoms with van der Waals surface area (Å²) in [6.45, 7) is -1.64. The Kier molecular flexibility index (Phi) is 11.1. The Morgan fingerprint density at radius 3 is 2.16 bits per heavy atom. The van der Waals surface area contributed by atoms with Gasteiger partial charge in [-0.3, -0.25) is 0 Å². The number of rotatable bonds is 10. The molecule has 0 bridgehead atoms. The smallest absolute Gasteiger partial charge is 0.351 e. The van der Waals surface area contributed by atoms with Crippen LogP contribution in [0.4, 0.5) is 5.69 Å². The topological polar surface area (TPSA) is 329 Å². The number of benzene rings is 1. The third-order valence-electron chi connectivity index (χ3n) is 8.74. The Balaban J connectivity index is 1.48. The first-order valence-corrected chi connectivity index (χ1v) is 15.2. The van der Waals surface area contributed by atoms with Gasteiger partial charge in [-0.25, -0.2) is 9.59 Å². The molecule has 1 aromatic carbocycles. The lowest BCUT2D eigenvalue weighted by atomic mass is 9.97. The van der Waals surface area contributed by atoms with E-state index in [1.807, 2.05) is 0 Å². The van der Waals surface area contributed by atoms with Gasteiger partial charge in [0.2, 0.25) is 18.0 Å². The average molecular weight is 713 g/mol. The number of carboxylic acids is 3. The first-order valence-electron chi connectivity index (χ1n) is 15.2. The number of allylic oxidation sites excluding steroid dienone is 2. The number of hydrogen-bond donors (Lipinski definition) is 11. The van der Waals surface area contributed by atoms with E-state index in [1.165, 1.54) is 35.1 Å². The molecule has 4 heterocycles. The molecule has 1 aromatic rings. The van der Waals surface area contributed by atoms with E-state index < -0.39 is 122 Å². The van der Waals surface area contributed by atoms with Crippen LogP contribution in [-0.4, -0.2) is 166 Å². The molecule has 2 saturated heterocycles. The number of phenols is 1. The van der Waals surface area contributed by atoms with Crippen LogP contribution in [0, 0.1) is 0 Å². The van der Waals surface area contributed by atoms with Crippen LogP contribution in [0.3, 0.4) is 0 Å². The van der Waals surface area contributed by atoms with Gasteiger partial charge in [0.25, 0.3) is 0 Å². The summed E-state index contributed by atoms with van der Waals surface area (Å²) < 4.78 is 23.6. The highest BCUT2D eigenvalue weighted by molar-refractivity contribution is 5.89. The zero-order valence-electron chi connectivity index (χ0n) is 25.8. The number of aliphatic carboxylic acids is 3. The van der Waals surface area contributed by atoms with Crippen molar-refractivity contribution in [3.8, 4) is 11.5 Å². The minimum Gasteiger partial charge on any atom is -0.543 e. The van der Waals surface area contributed by atoms with Gasteiger partial charge >= 0.3 is 11.9 Å². The van der Waals surface area contributed by atoms with Crippen molar-refractivity contribution in [2.24, 2.45) is 0 Å². The van der Waals surface area contributed by atoms with Gasteiger partial charge in [0.05, 0.1) is 19.3 Å². The van der Waals surface area contributed by atoms with Crippen molar-refractivity contribution in [3.63, 3.8) is 0 Å². The molecule has 0 amide bonds. The van der Waals surface area contributed by atoms with Crippen LogP contribution >= 0.6 is 0 Å². The SMILES string of the molecule is O=C(O)C1=C/C(=C/C=[N+]2c3cc(O[C@@H]4O[C@H](CO)[C@@H](O)[C@H](O)[C@H]4O[C@@H]4O[C@H](CO)[C@@H](O)[C@H](O)[C@H]4O)c(O)cc3C[C@H]2C(=O)[O-])C[C@@H](C(=O)O)N1. The van der Waals surface area contributed by atoms with Crippen LogP contribution < -0.4 is 15.2 Å². The number of aromatic hydroxyl groups is 1. The molecule has 274 valence electrons. The van der Waals surface area contributed by atoms with Gasteiger partial charge in [0, 0.05) is 24.5 Å². The average Bonchev–Trinajstić information content (AvgIpc) is 3.43. The van der Waals surface area contributed by atoms with E-state index in [4.69, 9.17) is 18.9 Å². The fourth-order valence-electron chi connectivity index (χ4n) is 6.04. The zero-order valence-corrected chi connectivity index (χ0v) is 25.8. The predicted octanol–water partition coefficient (Wildman–Crippen LogP) is -5.87. The van der Waals surface area contributed by atoms with E-state index in [9.17, 15) is 70.6 Å². The van der Waals surface area contributed by atoms with E-state index in [2.05, 4.69) is 5.32 Å². The quantitative estimate of drug-likeness (QED) is 0.101. The summed E-state index contributed by atoms with van der Waals surface area (Å²) in [7, 11) is 0. The lowest BCUT2D eigenvalue weighted by Crippen LogP contribution is -2.65. The Hall–Kier alpha value is -4.22. The van der Waals surface area contributed by atoms with Gasteiger partial charge in [0.1, 0.15) is 60.4 Å². The monoisotopic (exact) mass is 712 g/mol. The molecule has 0 aliphatic carbocycles. The minimum absolute atomic E-state index is 0.136. The Labute approximate surface area is 281 Å². The van der Waals surface area contributed by atoms with Crippen LogP contribution in [0.25, 0.3) is 0 Å². The molecule has 2 fully saturated rings. The fourth-order valence-corrected chi connectivity index (χ4v) is 6.04. The van der Waals surface area contributed by atoms with Gasteiger partial charge in [-0.15, -0.1) is 0 Å². The number of aliphatic hydroxyl groups excluding tert-OH is 7. The lowest BCUT2D eigenvalue weighted by Gasteiger charge is -2.45. The molecule has 50 heavy (non-hydrogen) atoms. The van der Waals surface area contributed by atoms with Crippen molar-refractivity contribution in [3.05, 3.63) is 41.1 Å². The highest BCUT2D eigenvalue weighted by Gasteiger charge is 2.51. The molecular formula is C30H36N2O18. The zero-order chi connectivity index (χ0) is 36.6. The first-order chi connectivity index (χ1) is 23.6. The van der Waals surface area contributed by atoms with E-state index >= 15 is 0 Å². The molecule has 0 aromatic heterocycles. The number of nitrogens with one attached hydrogen (secondary N) is 1. The number of ether oxygens (including phenoxy) is 4. The number of carbonyl (C=O) groups is 3. The highest BCUT2D eigenvalue weighted by atomic mass is 16.8. The van der Waals surface area contributed by atoms with Gasteiger partial charge in [-0.1, -0.05) is 0 Å².